The van der Waals surface area contributed by atoms with Gasteiger partial charge in [0.15, 0.2) is 16.3 Å². The summed E-state index contributed by atoms with van der Waals surface area (Å²) < 4.78 is 19.7. The van der Waals surface area contributed by atoms with Gasteiger partial charge >= 0.3 is 5.97 Å². The van der Waals surface area contributed by atoms with Crippen LogP contribution in [0.1, 0.15) is 31.0 Å². The van der Waals surface area contributed by atoms with Crippen molar-refractivity contribution in [2.24, 2.45) is 4.99 Å². The number of nitrogens with zero attached hydrogens (tertiary/aromatic N) is 2. The third-order valence-corrected chi connectivity index (χ3v) is 8.19. The van der Waals surface area contributed by atoms with Crippen molar-refractivity contribution in [3.8, 4) is 17.2 Å². The number of rotatable bonds is 4. The number of aromatic nitrogens is 1. The molecule has 0 amide bonds. The van der Waals surface area contributed by atoms with Crippen LogP contribution in [0.2, 0.25) is 0 Å². The molecular formula is C24H18I2N2O6S. The van der Waals surface area contributed by atoms with Gasteiger partial charge in [-0.3, -0.25) is 9.36 Å². The van der Waals surface area contributed by atoms with Gasteiger partial charge in [0.05, 0.1) is 35.6 Å². The minimum atomic E-state index is -0.734. The monoisotopic (exact) mass is 716 g/mol. The molecule has 11 heteroatoms. The van der Waals surface area contributed by atoms with Gasteiger partial charge in [0, 0.05) is 0 Å². The topological polar surface area (TPSA) is 99.4 Å². The summed E-state index contributed by atoms with van der Waals surface area (Å²) in [6, 6.07) is 8.25. The van der Waals surface area contributed by atoms with E-state index >= 15 is 0 Å². The molecular weight excluding hydrogens is 698 g/mol. The zero-order valence-corrected chi connectivity index (χ0v) is 23.6. The quantitative estimate of drug-likeness (QED) is 0.329. The smallest absolute Gasteiger partial charge is 0.338 e. The van der Waals surface area contributed by atoms with E-state index in [4.69, 9.17) is 14.2 Å². The predicted molar refractivity (Wildman–Crippen MR) is 147 cm³/mol. The molecule has 2 aromatic carbocycles. The SMILES string of the molecule is CCOC(=O)C1=C(C)N=c2s/c(=C\c3cc(I)c(O)c(I)c3)c(=O)n2C1c1ccc2c(c1)OCO2. The minimum absolute atomic E-state index is 0.116. The average Bonchev–Trinajstić information content (AvgIpc) is 3.40. The molecule has 180 valence electrons. The zero-order chi connectivity index (χ0) is 24.9. The molecule has 0 saturated heterocycles. The van der Waals surface area contributed by atoms with E-state index in [1.807, 2.05) is 6.07 Å². The molecule has 0 aliphatic carbocycles. The van der Waals surface area contributed by atoms with Crippen LogP contribution in [0.4, 0.5) is 0 Å². The first kappa shape index (κ1) is 24.3. The second kappa shape index (κ2) is 9.58. The van der Waals surface area contributed by atoms with Gasteiger partial charge in [-0.2, -0.15) is 0 Å². The van der Waals surface area contributed by atoms with Crippen LogP contribution in [0, 0.1) is 7.14 Å². The first-order valence-electron chi connectivity index (χ1n) is 10.6. The number of thiazole rings is 1. The number of hydrogen-bond donors (Lipinski definition) is 1. The fraction of sp³-hybridized carbons (Fsp3) is 0.208. The molecule has 0 fully saturated rings. The van der Waals surface area contributed by atoms with Gasteiger partial charge in [0.1, 0.15) is 5.75 Å². The fourth-order valence-electron chi connectivity index (χ4n) is 4.01. The Bertz CT molecular complexity index is 1570. The molecule has 3 heterocycles. The van der Waals surface area contributed by atoms with Gasteiger partial charge in [-0.25, -0.2) is 9.79 Å². The highest BCUT2D eigenvalue weighted by Crippen LogP contribution is 2.38. The van der Waals surface area contributed by atoms with E-state index in [9.17, 15) is 14.7 Å². The number of halogens is 2. The van der Waals surface area contributed by atoms with Crippen molar-refractivity contribution < 1.29 is 24.1 Å². The van der Waals surface area contributed by atoms with Crippen LogP contribution in [0.5, 0.6) is 17.2 Å². The molecule has 2 aliphatic heterocycles. The van der Waals surface area contributed by atoms with Crippen LogP contribution in [0.15, 0.2) is 51.4 Å². The second-order valence-electron chi connectivity index (χ2n) is 7.75. The van der Waals surface area contributed by atoms with Gasteiger partial charge in [-0.15, -0.1) is 0 Å². The number of allylic oxidation sites excluding steroid dienone is 1. The maximum atomic E-state index is 13.7. The number of phenols is 1. The maximum absolute atomic E-state index is 13.7. The van der Waals surface area contributed by atoms with Crippen LogP contribution in [-0.4, -0.2) is 29.0 Å². The average molecular weight is 716 g/mol. The lowest BCUT2D eigenvalue weighted by molar-refractivity contribution is -0.139. The van der Waals surface area contributed by atoms with Crippen LogP contribution >= 0.6 is 56.5 Å². The van der Waals surface area contributed by atoms with E-state index < -0.39 is 12.0 Å². The van der Waals surface area contributed by atoms with Crippen molar-refractivity contribution in [3.05, 3.63) is 79.6 Å². The van der Waals surface area contributed by atoms with E-state index in [0.717, 1.165) is 5.56 Å². The van der Waals surface area contributed by atoms with Gasteiger partial charge in [0.25, 0.3) is 5.56 Å². The van der Waals surface area contributed by atoms with E-state index in [2.05, 4.69) is 50.2 Å². The van der Waals surface area contributed by atoms with Gasteiger partial charge in [-0.05, 0) is 100 Å². The third kappa shape index (κ3) is 4.37. The highest BCUT2D eigenvalue weighted by Gasteiger charge is 2.34. The van der Waals surface area contributed by atoms with Gasteiger partial charge < -0.3 is 19.3 Å². The Hall–Kier alpha value is -2.39. The number of benzene rings is 2. The molecule has 1 N–H and O–H groups in total. The summed E-state index contributed by atoms with van der Waals surface area (Å²) in [5, 5.41) is 10.1. The molecule has 1 aromatic heterocycles. The lowest BCUT2D eigenvalue weighted by Crippen LogP contribution is -2.39. The fourth-order valence-corrected chi connectivity index (χ4v) is 6.87. The number of fused-ring (bicyclic) bond motifs is 2. The van der Waals surface area contributed by atoms with E-state index in [1.54, 1.807) is 44.2 Å². The number of ether oxygens (including phenoxy) is 3. The summed E-state index contributed by atoms with van der Waals surface area (Å²) in [5.41, 5.74) is 1.99. The molecule has 0 spiro atoms. The molecule has 1 unspecified atom stereocenters. The van der Waals surface area contributed by atoms with E-state index in [1.165, 1.54) is 15.9 Å². The molecule has 8 nitrogen and oxygen atoms in total. The lowest BCUT2D eigenvalue weighted by atomic mass is 9.95. The minimum Gasteiger partial charge on any atom is -0.506 e. The van der Waals surface area contributed by atoms with Crippen molar-refractivity contribution in [1.29, 1.82) is 0 Å². The normalized spacial score (nSPS) is 16.8. The van der Waals surface area contributed by atoms with E-state index in [-0.39, 0.29) is 24.7 Å². The summed E-state index contributed by atoms with van der Waals surface area (Å²) >= 11 is 5.36. The largest absolute Gasteiger partial charge is 0.506 e. The highest BCUT2D eigenvalue weighted by atomic mass is 127. The van der Waals surface area contributed by atoms with Crippen molar-refractivity contribution in [1.82, 2.24) is 4.57 Å². The predicted octanol–water partition coefficient (Wildman–Crippen LogP) is 3.44. The highest BCUT2D eigenvalue weighted by molar-refractivity contribution is 14.1. The molecule has 0 bridgehead atoms. The Morgan fingerprint density at radius 1 is 1.26 bits per heavy atom. The molecule has 1 atom stereocenters. The summed E-state index contributed by atoms with van der Waals surface area (Å²) in [6.45, 7) is 3.80. The summed E-state index contributed by atoms with van der Waals surface area (Å²) in [6.07, 6.45) is 1.77. The Morgan fingerprint density at radius 2 is 1.97 bits per heavy atom. The molecule has 0 radical (unpaired) electrons. The van der Waals surface area contributed by atoms with Crippen molar-refractivity contribution in [2.45, 2.75) is 19.9 Å². The molecule has 35 heavy (non-hydrogen) atoms. The van der Waals surface area contributed by atoms with E-state index in [0.29, 0.717) is 44.8 Å². The second-order valence-corrected chi connectivity index (χ2v) is 11.1. The summed E-state index contributed by atoms with van der Waals surface area (Å²) in [5.74, 6) is 0.850. The Kier molecular flexibility index (Phi) is 6.65. The van der Waals surface area contributed by atoms with Gasteiger partial charge in [-0.1, -0.05) is 17.4 Å². The number of carbonyl (C=O) groups excluding carboxylic acids is 1. The lowest BCUT2D eigenvalue weighted by Gasteiger charge is -2.24. The zero-order valence-electron chi connectivity index (χ0n) is 18.5. The molecule has 3 aromatic rings. The summed E-state index contributed by atoms with van der Waals surface area (Å²) in [7, 11) is 0. The van der Waals surface area contributed by atoms with Crippen LogP contribution in [0.25, 0.3) is 6.08 Å². The summed E-state index contributed by atoms with van der Waals surface area (Å²) in [4.78, 5) is 31.8. The van der Waals surface area contributed by atoms with Crippen LogP contribution < -0.4 is 24.4 Å². The number of carbonyl (C=O) groups is 1. The standard InChI is InChI=1S/C24H18I2N2O6S/c1-3-32-23(31)19-11(2)27-24-28(20(19)13-4-5-16-17(9-13)34-10-33-16)22(30)18(35-24)8-12-6-14(25)21(29)15(26)7-12/h4-9,20,29H,3,10H2,1-2H3/b18-8-. The molecule has 5 rings (SSSR count). The maximum Gasteiger partial charge on any atom is 0.338 e. The number of phenolic OH excluding ortho intramolecular Hbond substituents is 1. The Labute approximate surface area is 230 Å². The number of esters is 1. The van der Waals surface area contributed by atoms with Crippen LogP contribution in [-0.2, 0) is 9.53 Å². The van der Waals surface area contributed by atoms with Gasteiger partial charge in [0.2, 0.25) is 6.79 Å². The first-order valence-corrected chi connectivity index (χ1v) is 13.5. The van der Waals surface area contributed by atoms with Crippen molar-refractivity contribution in [2.75, 3.05) is 13.4 Å². The van der Waals surface area contributed by atoms with Crippen LogP contribution in [0.3, 0.4) is 0 Å². The van der Waals surface area contributed by atoms with Crippen molar-refractivity contribution >= 4 is 68.6 Å². The Balaban J connectivity index is 1.73. The number of aromatic hydroxyl groups is 1. The molecule has 0 saturated carbocycles. The third-order valence-electron chi connectivity index (χ3n) is 5.57. The number of hydrogen-bond acceptors (Lipinski definition) is 8. The molecule has 2 aliphatic rings. The Morgan fingerprint density at radius 3 is 2.69 bits per heavy atom. The first-order chi connectivity index (χ1) is 16.8. The van der Waals surface area contributed by atoms with Crippen molar-refractivity contribution in [3.63, 3.8) is 0 Å².